The summed E-state index contributed by atoms with van der Waals surface area (Å²) in [4.78, 5) is 1.58. The molecule has 0 saturated carbocycles. The second kappa shape index (κ2) is 3.82. The van der Waals surface area contributed by atoms with Crippen molar-refractivity contribution in [1.82, 2.24) is 4.90 Å². The smallest absolute Gasteiger partial charge is 0.133 e. The van der Waals surface area contributed by atoms with Gasteiger partial charge >= 0.3 is 0 Å². The van der Waals surface area contributed by atoms with E-state index in [0.29, 0.717) is 6.42 Å². The normalized spacial score (nSPS) is 18.0. The average molecular weight is 133 g/mol. The van der Waals surface area contributed by atoms with E-state index in [-0.39, 0.29) is 0 Å². The van der Waals surface area contributed by atoms with Crippen LogP contribution in [-0.2, 0) is 0 Å². The first-order valence-corrected chi connectivity index (χ1v) is 3.12. The lowest BCUT2D eigenvalue weighted by atomic mass is 10.2. The molecular weight excluding hydrogens is 118 g/mol. The van der Waals surface area contributed by atoms with Gasteiger partial charge in [-0.2, -0.15) is 0 Å². The summed E-state index contributed by atoms with van der Waals surface area (Å²) in [6.07, 6.45) is -0.769. The first-order valence-electron chi connectivity index (χ1n) is 3.12. The van der Waals surface area contributed by atoms with Crippen molar-refractivity contribution in [2.24, 2.45) is 0 Å². The van der Waals surface area contributed by atoms with Crippen molar-refractivity contribution in [3.63, 3.8) is 0 Å². The van der Waals surface area contributed by atoms with Crippen molar-refractivity contribution < 1.29 is 10.2 Å². The minimum atomic E-state index is -0.727. The first kappa shape index (κ1) is 8.88. The number of nitrogens with zero attached hydrogens (tertiary/aromatic N) is 1. The molecule has 0 rings (SSSR count). The third kappa shape index (κ3) is 2.79. The fraction of sp³-hybridized carbons (Fsp3) is 1.00. The average Bonchev–Trinajstić information content (AvgIpc) is 1.84. The molecule has 0 fully saturated rings. The molecule has 9 heavy (non-hydrogen) atoms. The number of likely N-dealkylation sites (N-methyl/N-ethyl adjacent to an activating group) is 1. The summed E-state index contributed by atoms with van der Waals surface area (Å²) in [5.41, 5.74) is 0. The van der Waals surface area contributed by atoms with Gasteiger partial charge in [0.15, 0.2) is 0 Å². The molecule has 56 valence electrons. The highest BCUT2D eigenvalue weighted by Gasteiger charge is 2.14. The first-order chi connectivity index (χ1) is 4.09. The highest BCUT2D eigenvalue weighted by Crippen LogP contribution is 1.99. The van der Waals surface area contributed by atoms with E-state index >= 15 is 0 Å². The van der Waals surface area contributed by atoms with E-state index in [1.807, 2.05) is 6.92 Å². The van der Waals surface area contributed by atoms with E-state index in [4.69, 9.17) is 10.2 Å². The molecule has 0 aliphatic heterocycles. The molecule has 0 radical (unpaired) electrons. The van der Waals surface area contributed by atoms with Crippen LogP contribution in [0.3, 0.4) is 0 Å². The second-order valence-electron chi connectivity index (χ2n) is 2.35. The van der Waals surface area contributed by atoms with Crippen LogP contribution >= 0.6 is 0 Å². The molecule has 0 aliphatic carbocycles. The fourth-order valence-corrected chi connectivity index (χ4v) is 0.555. The van der Waals surface area contributed by atoms with Crippen molar-refractivity contribution in [1.29, 1.82) is 0 Å². The zero-order chi connectivity index (χ0) is 7.44. The monoisotopic (exact) mass is 133 g/mol. The van der Waals surface area contributed by atoms with Gasteiger partial charge < -0.3 is 10.2 Å². The van der Waals surface area contributed by atoms with Crippen LogP contribution in [0.25, 0.3) is 0 Å². The van der Waals surface area contributed by atoms with Gasteiger partial charge in [-0.1, -0.05) is 6.92 Å². The minimum absolute atomic E-state index is 0.583. The molecule has 0 saturated heterocycles. The number of rotatable bonds is 3. The lowest BCUT2D eigenvalue weighted by Gasteiger charge is -2.22. The quantitative estimate of drug-likeness (QED) is 0.517. The second-order valence-corrected chi connectivity index (χ2v) is 2.35. The Labute approximate surface area is 55.9 Å². The molecule has 0 spiro atoms. The molecule has 0 heterocycles. The molecule has 0 aliphatic rings. The summed E-state index contributed by atoms with van der Waals surface area (Å²) >= 11 is 0. The summed E-state index contributed by atoms with van der Waals surface area (Å²) in [5.74, 6) is 0. The van der Waals surface area contributed by atoms with Gasteiger partial charge in [-0.05, 0) is 20.5 Å². The fourth-order valence-electron chi connectivity index (χ4n) is 0.555. The summed E-state index contributed by atoms with van der Waals surface area (Å²) in [6.45, 7) is 1.83. The van der Waals surface area contributed by atoms with Crippen LogP contribution in [0.1, 0.15) is 13.3 Å². The van der Waals surface area contributed by atoms with Crippen LogP contribution < -0.4 is 0 Å². The Kier molecular flexibility index (Phi) is 3.77. The summed E-state index contributed by atoms with van der Waals surface area (Å²) < 4.78 is 0. The van der Waals surface area contributed by atoms with Crippen molar-refractivity contribution in [2.45, 2.75) is 25.7 Å². The third-order valence-corrected chi connectivity index (χ3v) is 1.29. The topological polar surface area (TPSA) is 43.7 Å². The Morgan fingerprint density at radius 1 is 1.33 bits per heavy atom. The molecule has 0 aromatic heterocycles. The number of hydrogen-bond donors (Lipinski definition) is 2. The molecule has 2 N–H and O–H groups in total. The van der Waals surface area contributed by atoms with Crippen LogP contribution in [0.2, 0.25) is 0 Å². The predicted molar refractivity (Wildman–Crippen MR) is 36.0 cm³/mol. The molecule has 3 nitrogen and oxygen atoms in total. The van der Waals surface area contributed by atoms with E-state index in [1.54, 1.807) is 19.0 Å². The van der Waals surface area contributed by atoms with Gasteiger partial charge in [0.05, 0.1) is 6.10 Å². The van der Waals surface area contributed by atoms with Gasteiger partial charge in [-0.15, -0.1) is 0 Å². The molecule has 2 atom stereocenters. The lowest BCUT2D eigenvalue weighted by Crippen LogP contribution is -2.38. The standard InChI is InChI=1S/C6H15NO2/c1-4-5(8)6(9)7(2)3/h5-6,8-9H,4H2,1-3H3. The van der Waals surface area contributed by atoms with Crippen LogP contribution in [0.15, 0.2) is 0 Å². The van der Waals surface area contributed by atoms with E-state index < -0.39 is 12.3 Å². The Bertz CT molecular complexity index is 75.5. The number of hydrogen-bond acceptors (Lipinski definition) is 3. The molecule has 3 heteroatoms. The van der Waals surface area contributed by atoms with Gasteiger partial charge in [-0.3, -0.25) is 4.90 Å². The Morgan fingerprint density at radius 2 is 1.78 bits per heavy atom. The summed E-state index contributed by atoms with van der Waals surface area (Å²) in [7, 11) is 3.45. The highest BCUT2D eigenvalue weighted by atomic mass is 16.3. The molecular formula is C6H15NO2. The maximum absolute atomic E-state index is 9.07. The van der Waals surface area contributed by atoms with E-state index in [1.165, 1.54) is 0 Å². The Hall–Kier alpha value is -0.120. The third-order valence-electron chi connectivity index (χ3n) is 1.29. The van der Waals surface area contributed by atoms with Gasteiger partial charge in [0.2, 0.25) is 0 Å². The minimum Gasteiger partial charge on any atom is -0.389 e. The van der Waals surface area contributed by atoms with E-state index in [2.05, 4.69) is 0 Å². The number of aliphatic hydroxyl groups is 2. The van der Waals surface area contributed by atoms with Crippen molar-refractivity contribution in [2.75, 3.05) is 14.1 Å². The zero-order valence-electron chi connectivity index (χ0n) is 6.20. The highest BCUT2D eigenvalue weighted by molar-refractivity contribution is 4.61. The van der Waals surface area contributed by atoms with Crippen molar-refractivity contribution in [3.05, 3.63) is 0 Å². The van der Waals surface area contributed by atoms with E-state index in [0.717, 1.165) is 0 Å². The Morgan fingerprint density at radius 3 is 1.89 bits per heavy atom. The largest absolute Gasteiger partial charge is 0.389 e. The van der Waals surface area contributed by atoms with Crippen LogP contribution in [0.5, 0.6) is 0 Å². The van der Waals surface area contributed by atoms with Crippen LogP contribution in [0.4, 0.5) is 0 Å². The van der Waals surface area contributed by atoms with E-state index in [9.17, 15) is 0 Å². The molecule has 0 aromatic carbocycles. The summed E-state index contributed by atoms with van der Waals surface area (Å²) in [6, 6.07) is 0. The molecule has 0 bridgehead atoms. The molecule has 0 aromatic rings. The van der Waals surface area contributed by atoms with Gasteiger partial charge in [-0.25, -0.2) is 0 Å². The maximum Gasteiger partial charge on any atom is 0.133 e. The lowest BCUT2D eigenvalue weighted by molar-refractivity contribution is -0.0625. The SMILES string of the molecule is CCC(O)C(O)N(C)C. The Balaban J connectivity index is 3.58. The molecule has 0 amide bonds. The van der Waals surface area contributed by atoms with Crippen LogP contribution in [0, 0.1) is 0 Å². The summed E-state index contributed by atoms with van der Waals surface area (Å²) in [5, 5.41) is 18.1. The van der Waals surface area contributed by atoms with Gasteiger partial charge in [0.1, 0.15) is 6.23 Å². The number of aliphatic hydroxyl groups excluding tert-OH is 2. The predicted octanol–water partition coefficient (Wildman–Crippen LogP) is -0.363. The molecule has 2 unspecified atom stereocenters. The van der Waals surface area contributed by atoms with Crippen LogP contribution in [-0.4, -0.2) is 41.5 Å². The van der Waals surface area contributed by atoms with Gasteiger partial charge in [0, 0.05) is 0 Å². The van der Waals surface area contributed by atoms with Gasteiger partial charge in [0.25, 0.3) is 0 Å². The van der Waals surface area contributed by atoms with Crippen molar-refractivity contribution in [3.8, 4) is 0 Å². The zero-order valence-corrected chi connectivity index (χ0v) is 6.20. The van der Waals surface area contributed by atoms with Crippen molar-refractivity contribution >= 4 is 0 Å². The maximum atomic E-state index is 9.07.